The monoisotopic (exact) mass is 868 g/mol. The summed E-state index contributed by atoms with van der Waals surface area (Å²) in [5.41, 5.74) is 0. The number of allylic oxidation sites excluding steroid dienone is 12. The molecular weight excluding hydrogens is 763 g/mol. The van der Waals surface area contributed by atoms with E-state index in [4.69, 9.17) is 0 Å². The van der Waals surface area contributed by atoms with Crippen LogP contribution in [0.4, 0.5) is 0 Å². The highest BCUT2D eigenvalue weighted by atomic mass is 16.3. The normalized spacial score (nSPS) is 14.3. The predicted molar refractivity (Wildman–Crippen MR) is 275 cm³/mol. The molecule has 4 N–H and O–H groups in total. The first-order valence-corrected chi connectivity index (χ1v) is 26.5. The molecular formula is C56H105N3O3. The lowest BCUT2D eigenvalue weighted by molar-refractivity contribution is 0.0564. The largest absolute Gasteiger partial charge is 0.392 e. The van der Waals surface area contributed by atoms with Crippen molar-refractivity contribution in [3.63, 3.8) is 0 Å². The SMILES string of the molecule is CCCC/C=C\C/C=C\CCCCCCC(O)CNCCN(C)CCN(CC(O)CCCCCC/C=C\C/C=C\CCCC)CC(O)CCCCCC/C=C\C/C=C\CCCC. The summed E-state index contributed by atoms with van der Waals surface area (Å²) in [4.78, 5) is 4.63. The van der Waals surface area contributed by atoms with Crippen LogP contribution in [0.3, 0.4) is 0 Å². The van der Waals surface area contributed by atoms with E-state index in [1.807, 2.05) is 0 Å². The number of nitrogens with one attached hydrogen (secondary N) is 1. The first kappa shape index (κ1) is 60.2. The Morgan fingerprint density at radius 1 is 0.387 bits per heavy atom. The van der Waals surface area contributed by atoms with Gasteiger partial charge in [0.2, 0.25) is 0 Å². The zero-order chi connectivity index (χ0) is 45.2. The summed E-state index contributed by atoms with van der Waals surface area (Å²) in [7, 11) is 2.15. The minimum Gasteiger partial charge on any atom is -0.392 e. The molecule has 0 saturated heterocycles. The van der Waals surface area contributed by atoms with Gasteiger partial charge in [-0.25, -0.2) is 0 Å². The lowest BCUT2D eigenvalue weighted by Crippen LogP contribution is -2.43. The topological polar surface area (TPSA) is 79.2 Å². The van der Waals surface area contributed by atoms with Crippen molar-refractivity contribution in [3.05, 3.63) is 72.9 Å². The van der Waals surface area contributed by atoms with Gasteiger partial charge >= 0.3 is 0 Å². The van der Waals surface area contributed by atoms with E-state index in [-0.39, 0.29) is 18.3 Å². The van der Waals surface area contributed by atoms with Crippen LogP contribution in [0.25, 0.3) is 0 Å². The Morgan fingerprint density at radius 3 is 1.10 bits per heavy atom. The molecule has 0 rings (SSSR count). The van der Waals surface area contributed by atoms with Crippen LogP contribution in [-0.4, -0.2) is 96.3 Å². The van der Waals surface area contributed by atoms with Crippen LogP contribution in [0.5, 0.6) is 0 Å². The van der Waals surface area contributed by atoms with Gasteiger partial charge in [0.15, 0.2) is 0 Å². The molecule has 6 heteroatoms. The number of hydrogen-bond donors (Lipinski definition) is 4. The van der Waals surface area contributed by atoms with E-state index in [1.54, 1.807) is 0 Å². The molecule has 0 saturated carbocycles. The third kappa shape index (κ3) is 47.7. The maximum absolute atomic E-state index is 11.1. The smallest absolute Gasteiger partial charge is 0.0667 e. The van der Waals surface area contributed by atoms with Gasteiger partial charge in [-0.3, -0.25) is 4.90 Å². The number of aliphatic hydroxyl groups is 3. The van der Waals surface area contributed by atoms with Crippen LogP contribution in [0, 0.1) is 0 Å². The number of rotatable bonds is 48. The zero-order valence-corrected chi connectivity index (χ0v) is 41.6. The third-order valence-electron chi connectivity index (χ3n) is 11.8. The highest BCUT2D eigenvalue weighted by Gasteiger charge is 2.17. The van der Waals surface area contributed by atoms with E-state index in [2.05, 4.69) is 116 Å². The van der Waals surface area contributed by atoms with E-state index in [0.29, 0.717) is 19.6 Å². The molecule has 0 aromatic rings. The van der Waals surface area contributed by atoms with Crippen LogP contribution in [0.2, 0.25) is 0 Å². The van der Waals surface area contributed by atoms with E-state index < -0.39 is 0 Å². The standard InChI is InChI=1S/C56H105N3O3/c1-5-8-11-14-17-20-23-26-29-32-35-38-41-44-54(60)51-57-47-48-58(4)49-50-59(52-55(61)45-42-39-36-33-30-27-24-21-18-15-12-9-6-2)53-56(62)46-43-40-37-34-31-28-25-22-19-16-13-10-7-3/h14-19,23-28,54-57,60-62H,5-13,20-22,29-53H2,1-4H3/b17-14-,18-15-,19-16-,26-23-,27-24-,28-25-. The molecule has 0 radical (unpaired) electrons. The minimum atomic E-state index is -0.362. The predicted octanol–water partition coefficient (Wildman–Crippen LogP) is 14.0. The van der Waals surface area contributed by atoms with Crippen molar-refractivity contribution in [1.29, 1.82) is 0 Å². The Kier molecular flexibility index (Phi) is 48.7. The molecule has 0 spiro atoms. The number of likely N-dealkylation sites (N-methyl/N-ethyl adjacent to an activating group) is 1. The van der Waals surface area contributed by atoms with Crippen molar-refractivity contribution in [3.8, 4) is 0 Å². The van der Waals surface area contributed by atoms with Crippen molar-refractivity contribution in [2.75, 3.05) is 52.9 Å². The molecule has 0 amide bonds. The maximum Gasteiger partial charge on any atom is 0.0667 e. The molecule has 0 bridgehead atoms. The summed E-state index contributed by atoms with van der Waals surface area (Å²) in [5, 5.41) is 36.1. The van der Waals surface area contributed by atoms with Crippen LogP contribution in [-0.2, 0) is 0 Å². The van der Waals surface area contributed by atoms with Gasteiger partial charge in [-0.05, 0) is 103 Å². The Bertz CT molecular complexity index is 1020. The van der Waals surface area contributed by atoms with Crippen molar-refractivity contribution >= 4 is 0 Å². The summed E-state index contributed by atoms with van der Waals surface area (Å²) in [6.45, 7) is 12.1. The Balaban J connectivity index is 4.49. The van der Waals surface area contributed by atoms with Gasteiger partial charge < -0.3 is 25.5 Å². The molecule has 3 unspecified atom stereocenters. The minimum absolute atomic E-state index is 0.285. The zero-order valence-electron chi connectivity index (χ0n) is 41.6. The first-order valence-electron chi connectivity index (χ1n) is 26.5. The molecule has 62 heavy (non-hydrogen) atoms. The Morgan fingerprint density at radius 2 is 0.726 bits per heavy atom. The van der Waals surface area contributed by atoms with Gasteiger partial charge in [0, 0.05) is 45.8 Å². The fraction of sp³-hybridized carbons (Fsp3) is 0.786. The van der Waals surface area contributed by atoms with E-state index in [0.717, 1.165) is 116 Å². The molecule has 6 nitrogen and oxygen atoms in total. The molecule has 0 aromatic heterocycles. The lowest BCUT2D eigenvalue weighted by Gasteiger charge is -2.29. The molecule has 0 aliphatic rings. The fourth-order valence-corrected chi connectivity index (χ4v) is 7.57. The van der Waals surface area contributed by atoms with E-state index in [1.165, 1.54) is 103 Å². The number of hydrogen-bond acceptors (Lipinski definition) is 6. The third-order valence-corrected chi connectivity index (χ3v) is 11.8. The summed E-state index contributed by atoms with van der Waals surface area (Å²) in [6.07, 6.45) is 61.0. The van der Waals surface area contributed by atoms with Crippen LogP contribution < -0.4 is 5.32 Å². The molecule has 0 fully saturated rings. The quantitative estimate of drug-likeness (QED) is 0.0360. The van der Waals surface area contributed by atoms with Crippen LogP contribution in [0.1, 0.15) is 213 Å². The van der Waals surface area contributed by atoms with Gasteiger partial charge in [-0.1, -0.05) is 190 Å². The molecule has 0 aliphatic heterocycles. The second kappa shape index (κ2) is 50.2. The second-order valence-electron chi connectivity index (χ2n) is 18.2. The Labute approximate surface area is 386 Å². The molecule has 362 valence electrons. The average molecular weight is 868 g/mol. The van der Waals surface area contributed by atoms with Crippen LogP contribution >= 0.6 is 0 Å². The summed E-state index contributed by atoms with van der Waals surface area (Å²) in [5.74, 6) is 0. The van der Waals surface area contributed by atoms with Gasteiger partial charge in [-0.2, -0.15) is 0 Å². The molecule has 0 aromatic carbocycles. The van der Waals surface area contributed by atoms with Gasteiger partial charge in [0.05, 0.1) is 18.3 Å². The molecule has 0 heterocycles. The number of nitrogens with zero attached hydrogens (tertiary/aromatic N) is 2. The molecule has 3 atom stereocenters. The van der Waals surface area contributed by atoms with Gasteiger partial charge in [0.25, 0.3) is 0 Å². The van der Waals surface area contributed by atoms with Crippen LogP contribution in [0.15, 0.2) is 72.9 Å². The first-order chi connectivity index (χ1) is 30.4. The number of aliphatic hydroxyl groups excluding tert-OH is 3. The van der Waals surface area contributed by atoms with E-state index in [9.17, 15) is 15.3 Å². The van der Waals surface area contributed by atoms with Crippen molar-refractivity contribution in [1.82, 2.24) is 15.1 Å². The van der Waals surface area contributed by atoms with Gasteiger partial charge in [-0.15, -0.1) is 0 Å². The highest BCUT2D eigenvalue weighted by Crippen LogP contribution is 2.13. The second-order valence-corrected chi connectivity index (χ2v) is 18.2. The summed E-state index contributed by atoms with van der Waals surface area (Å²) in [6, 6.07) is 0. The van der Waals surface area contributed by atoms with Crippen molar-refractivity contribution in [2.24, 2.45) is 0 Å². The molecule has 0 aliphatic carbocycles. The summed E-state index contributed by atoms with van der Waals surface area (Å²) >= 11 is 0. The number of unbranched alkanes of at least 4 members (excludes halogenated alkanes) is 18. The lowest BCUT2D eigenvalue weighted by atomic mass is 10.1. The Hall–Kier alpha value is -1.80. The average Bonchev–Trinajstić information content (AvgIpc) is 3.26. The van der Waals surface area contributed by atoms with Crippen molar-refractivity contribution in [2.45, 2.75) is 232 Å². The summed E-state index contributed by atoms with van der Waals surface area (Å²) < 4.78 is 0. The van der Waals surface area contributed by atoms with Crippen molar-refractivity contribution < 1.29 is 15.3 Å². The fourth-order valence-electron chi connectivity index (χ4n) is 7.57. The van der Waals surface area contributed by atoms with Gasteiger partial charge in [0.1, 0.15) is 0 Å². The maximum atomic E-state index is 11.1. The highest BCUT2D eigenvalue weighted by molar-refractivity contribution is 4.94. The van der Waals surface area contributed by atoms with E-state index >= 15 is 0 Å².